The van der Waals surface area contributed by atoms with E-state index in [1.54, 1.807) is 0 Å². The standard InChI is InChI=1S/C13H24B/c1-4-7-9-11-13(10-6-3)14-12-8-5-2/h10,13H,3-5,7-9,11-12H2,1-2H3. The van der Waals surface area contributed by atoms with E-state index < -0.39 is 0 Å². The largest absolute Gasteiger partial charge is 0.134 e. The molecule has 0 aromatic heterocycles. The van der Waals surface area contributed by atoms with E-state index in [2.05, 4.69) is 39.5 Å². The van der Waals surface area contributed by atoms with Gasteiger partial charge in [0.15, 0.2) is 0 Å². The lowest BCUT2D eigenvalue weighted by Crippen LogP contribution is -2.00. The minimum atomic E-state index is 0.616. The highest BCUT2D eigenvalue weighted by Gasteiger charge is 2.05. The van der Waals surface area contributed by atoms with Crippen LogP contribution in [0.5, 0.6) is 0 Å². The molecule has 1 heteroatoms. The molecule has 0 spiro atoms. The third kappa shape index (κ3) is 8.20. The molecule has 0 N–H and O–H groups in total. The second-order valence-electron chi connectivity index (χ2n) is 3.91. The van der Waals surface area contributed by atoms with Crippen LogP contribution in [0, 0.1) is 0 Å². The number of hydrogen-bond donors (Lipinski definition) is 0. The summed E-state index contributed by atoms with van der Waals surface area (Å²) in [5.74, 6) is 0.616. The van der Waals surface area contributed by atoms with Crippen LogP contribution in [0.2, 0.25) is 12.1 Å². The monoisotopic (exact) mass is 191 g/mol. The molecule has 0 amide bonds. The molecule has 14 heavy (non-hydrogen) atoms. The van der Waals surface area contributed by atoms with Crippen LogP contribution in [0.1, 0.15) is 52.4 Å². The SMILES string of the molecule is C=C=CC([B]CCCC)CCCCC. The summed E-state index contributed by atoms with van der Waals surface area (Å²) in [5, 5.41) is 0. The summed E-state index contributed by atoms with van der Waals surface area (Å²) in [4.78, 5) is 0. The zero-order valence-corrected chi connectivity index (χ0v) is 9.89. The smallest absolute Gasteiger partial charge is 0.119 e. The van der Waals surface area contributed by atoms with Crippen molar-refractivity contribution in [2.75, 3.05) is 0 Å². The van der Waals surface area contributed by atoms with Gasteiger partial charge in [-0.05, 0) is 11.9 Å². The van der Waals surface area contributed by atoms with E-state index >= 15 is 0 Å². The number of hydrogen-bond acceptors (Lipinski definition) is 0. The molecule has 0 rings (SSSR count). The lowest BCUT2D eigenvalue weighted by Gasteiger charge is -2.09. The molecule has 1 unspecified atom stereocenters. The quantitative estimate of drug-likeness (QED) is 0.283. The van der Waals surface area contributed by atoms with Gasteiger partial charge >= 0.3 is 0 Å². The van der Waals surface area contributed by atoms with E-state index in [1.807, 2.05) is 0 Å². The first-order chi connectivity index (χ1) is 6.85. The third-order valence-corrected chi connectivity index (χ3v) is 2.50. The minimum Gasteiger partial charge on any atom is -0.134 e. The molecule has 0 aliphatic carbocycles. The second-order valence-corrected chi connectivity index (χ2v) is 3.91. The Bertz CT molecular complexity index is 147. The fraction of sp³-hybridized carbons (Fsp3) is 0.769. The molecule has 0 saturated heterocycles. The number of unbranched alkanes of at least 4 members (excludes halogenated alkanes) is 3. The van der Waals surface area contributed by atoms with Gasteiger partial charge < -0.3 is 0 Å². The molecule has 0 nitrogen and oxygen atoms in total. The Morgan fingerprint density at radius 1 is 1.21 bits per heavy atom. The summed E-state index contributed by atoms with van der Waals surface area (Å²) >= 11 is 0. The number of allylic oxidation sites excluding steroid dienone is 1. The first-order valence-corrected chi connectivity index (χ1v) is 6.04. The van der Waals surface area contributed by atoms with Gasteiger partial charge in [-0.2, -0.15) is 0 Å². The molecule has 0 heterocycles. The van der Waals surface area contributed by atoms with Gasteiger partial charge in [-0.15, -0.1) is 5.73 Å². The van der Waals surface area contributed by atoms with Crippen LogP contribution in [0.3, 0.4) is 0 Å². The summed E-state index contributed by atoms with van der Waals surface area (Å²) in [5.41, 5.74) is 2.92. The van der Waals surface area contributed by atoms with Crippen molar-refractivity contribution in [3.63, 3.8) is 0 Å². The summed E-state index contributed by atoms with van der Waals surface area (Å²) in [6, 6.07) is 0. The highest BCUT2D eigenvalue weighted by Crippen LogP contribution is 2.18. The van der Waals surface area contributed by atoms with Crippen LogP contribution in [-0.4, -0.2) is 7.28 Å². The van der Waals surface area contributed by atoms with Crippen molar-refractivity contribution in [3.8, 4) is 0 Å². The van der Waals surface area contributed by atoms with E-state index in [9.17, 15) is 0 Å². The predicted octanol–water partition coefficient (Wildman–Crippen LogP) is 4.62. The van der Waals surface area contributed by atoms with Crippen molar-refractivity contribution >= 4 is 7.28 Å². The van der Waals surface area contributed by atoms with Crippen molar-refractivity contribution in [3.05, 3.63) is 18.4 Å². The lowest BCUT2D eigenvalue weighted by molar-refractivity contribution is 0.670. The topological polar surface area (TPSA) is 0 Å². The van der Waals surface area contributed by atoms with Crippen LogP contribution in [0.4, 0.5) is 0 Å². The minimum absolute atomic E-state index is 0.616. The zero-order valence-electron chi connectivity index (χ0n) is 9.89. The maximum atomic E-state index is 3.66. The molecule has 1 radical (unpaired) electrons. The van der Waals surface area contributed by atoms with Gasteiger partial charge in [0.2, 0.25) is 0 Å². The second kappa shape index (κ2) is 10.7. The Morgan fingerprint density at radius 3 is 2.50 bits per heavy atom. The molecule has 0 saturated carbocycles. The molecular formula is C13H24B. The van der Waals surface area contributed by atoms with Crippen LogP contribution in [0.25, 0.3) is 0 Å². The van der Waals surface area contributed by atoms with Crippen molar-refractivity contribution in [1.82, 2.24) is 0 Å². The van der Waals surface area contributed by atoms with E-state index in [0.717, 1.165) is 0 Å². The maximum Gasteiger partial charge on any atom is 0.119 e. The Labute approximate surface area is 90.7 Å². The molecule has 1 atom stereocenters. The summed E-state index contributed by atoms with van der Waals surface area (Å²) < 4.78 is 0. The Balaban J connectivity index is 3.60. The van der Waals surface area contributed by atoms with E-state index in [1.165, 1.54) is 44.8 Å². The lowest BCUT2D eigenvalue weighted by atomic mass is 9.59. The van der Waals surface area contributed by atoms with Gasteiger partial charge in [0.05, 0.1) is 0 Å². The molecule has 0 fully saturated rings. The molecule has 0 aromatic carbocycles. The molecular weight excluding hydrogens is 167 g/mol. The fourth-order valence-corrected chi connectivity index (χ4v) is 1.59. The number of rotatable bonds is 9. The zero-order chi connectivity index (χ0) is 10.6. The molecule has 0 aliphatic rings. The van der Waals surface area contributed by atoms with Crippen LogP contribution < -0.4 is 0 Å². The van der Waals surface area contributed by atoms with Crippen molar-refractivity contribution in [2.45, 2.75) is 64.5 Å². The van der Waals surface area contributed by atoms with Gasteiger partial charge in [0, 0.05) is 0 Å². The van der Waals surface area contributed by atoms with Gasteiger partial charge in [-0.25, -0.2) is 0 Å². The van der Waals surface area contributed by atoms with E-state index in [0.29, 0.717) is 5.82 Å². The highest BCUT2D eigenvalue weighted by molar-refractivity contribution is 6.38. The van der Waals surface area contributed by atoms with Crippen molar-refractivity contribution in [1.29, 1.82) is 0 Å². The normalized spacial score (nSPS) is 11.9. The third-order valence-electron chi connectivity index (χ3n) is 2.50. The fourth-order valence-electron chi connectivity index (χ4n) is 1.59. The van der Waals surface area contributed by atoms with Crippen molar-refractivity contribution < 1.29 is 0 Å². The molecule has 79 valence electrons. The average molecular weight is 191 g/mol. The highest BCUT2D eigenvalue weighted by atomic mass is 14.0. The Kier molecular flexibility index (Phi) is 10.3. The van der Waals surface area contributed by atoms with Gasteiger partial charge in [-0.1, -0.05) is 65.3 Å². The molecule has 0 bridgehead atoms. The average Bonchev–Trinajstić information content (AvgIpc) is 2.18. The first kappa shape index (κ1) is 13.6. The van der Waals surface area contributed by atoms with Crippen LogP contribution >= 0.6 is 0 Å². The summed E-state index contributed by atoms with van der Waals surface area (Å²) in [6.45, 7) is 8.14. The first-order valence-electron chi connectivity index (χ1n) is 6.04. The summed E-state index contributed by atoms with van der Waals surface area (Å²) in [7, 11) is 2.43. The van der Waals surface area contributed by atoms with Crippen LogP contribution in [0.15, 0.2) is 18.4 Å². The van der Waals surface area contributed by atoms with Crippen LogP contribution in [-0.2, 0) is 0 Å². The maximum absolute atomic E-state index is 3.66. The van der Waals surface area contributed by atoms with Gasteiger partial charge in [-0.3, -0.25) is 0 Å². The van der Waals surface area contributed by atoms with E-state index in [4.69, 9.17) is 0 Å². The predicted molar refractivity (Wildman–Crippen MR) is 67.1 cm³/mol. The van der Waals surface area contributed by atoms with Gasteiger partial charge in [0.1, 0.15) is 7.28 Å². The van der Waals surface area contributed by atoms with Gasteiger partial charge in [0.25, 0.3) is 0 Å². The Hall–Kier alpha value is -0.415. The van der Waals surface area contributed by atoms with Crippen molar-refractivity contribution in [2.24, 2.45) is 0 Å². The molecule has 0 aliphatic heterocycles. The Morgan fingerprint density at radius 2 is 1.93 bits per heavy atom. The van der Waals surface area contributed by atoms with E-state index in [-0.39, 0.29) is 0 Å². The summed E-state index contributed by atoms with van der Waals surface area (Å²) in [6.07, 6.45) is 11.2. The molecule has 0 aromatic rings.